The van der Waals surface area contributed by atoms with E-state index in [2.05, 4.69) is 5.32 Å². The number of benzene rings is 1. The van der Waals surface area contributed by atoms with Crippen LogP contribution in [-0.2, 0) is 4.79 Å². The third kappa shape index (κ3) is 5.97. The molecule has 0 aliphatic carbocycles. The van der Waals surface area contributed by atoms with Crippen LogP contribution < -0.4 is 5.32 Å². The summed E-state index contributed by atoms with van der Waals surface area (Å²) in [5.41, 5.74) is 1.44. The molecule has 0 heterocycles. The summed E-state index contributed by atoms with van der Waals surface area (Å²) in [5.74, 6) is -2.28. The summed E-state index contributed by atoms with van der Waals surface area (Å²) in [4.78, 5) is 25.1. The topological polar surface area (TPSA) is 49.4 Å². The maximum atomic E-state index is 12.1. The molecular formula is C14H17F3N2O2S. The van der Waals surface area contributed by atoms with E-state index in [-0.39, 0.29) is 11.7 Å². The number of nitrogens with zero attached hydrogens (tertiary/aromatic N) is 1. The average molecular weight is 334 g/mol. The van der Waals surface area contributed by atoms with Crippen molar-refractivity contribution in [2.75, 3.05) is 30.9 Å². The molecule has 0 aliphatic rings. The Bertz CT molecular complexity index is 560. The van der Waals surface area contributed by atoms with Gasteiger partial charge >= 0.3 is 6.18 Å². The second kappa shape index (κ2) is 7.53. The summed E-state index contributed by atoms with van der Waals surface area (Å²) in [7, 11) is 3.16. The van der Waals surface area contributed by atoms with Gasteiger partial charge in [0.15, 0.2) is 0 Å². The molecule has 0 saturated carbocycles. The predicted molar refractivity (Wildman–Crippen MR) is 81.2 cm³/mol. The van der Waals surface area contributed by atoms with Gasteiger partial charge in [0.2, 0.25) is 5.91 Å². The molecule has 1 aromatic carbocycles. The zero-order valence-corrected chi connectivity index (χ0v) is 13.3. The van der Waals surface area contributed by atoms with Crippen molar-refractivity contribution in [3.63, 3.8) is 0 Å². The third-order valence-electron chi connectivity index (χ3n) is 2.58. The lowest BCUT2D eigenvalue weighted by atomic mass is 10.1. The predicted octanol–water partition coefficient (Wildman–Crippen LogP) is 2.93. The van der Waals surface area contributed by atoms with Crippen molar-refractivity contribution in [1.82, 2.24) is 4.90 Å². The van der Waals surface area contributed by atoms with Gasteiger partial charge in [0.05, 0.1) is 22.8 Å². The number of hydrogen-bond acceptors (Lipinski definition) is 3. The van der Waals surface area contributed by atoms with E-state index in [1.807, 2.05) is 0 Å². The second-order valence-corrected chi connectivity index (χ2v) is 5.89. The number of carbonyl (C=O) groups is 2. The van der Waals surface area contributed by atoms with Gasteiger partial charge in [-0.1, -0.05) is 11.6 Å². The largest absolute Gasteiger partial charge is 0.397 e. The molecule has 0 radical (unpaired) electrons. The summed E-state index contributed by atoms with van der Waals surface area (Å²) >= 11 is 0.479. The highest BCUT2D eigenvalue weighted by Gasteiger charge is 2.27. The van der Waals surface area contributed by atoms with Crippen molar-refractivity contribution in [3.05, 3.63) is 29.3 Å². The number of thioether (sulfide) groups is 1. The molecule has 0 fully saturated rings. The molecule has 0 unspecified atom stereocenters. The van der Waals surface area contributed by atoms with Crippen molar-refractivity contribution in [2.24, 2.45) is 0 Å². The Kier molecular flexibility index (Phi) is 6.28. The summed E-state index contributed by atoms with van der Waals surface area (Å²) < 4.78 is 36.1. The number of hydrogen-bond donors (Lipinski definition) is 1. The van der Waals surface area contributed by atoms with Gasteiger partial charge in [-0.15, -0.1) is 11.8 Å². The van der Waals surface area contributed by atoms with Crippen molar-refractivity contribution in [1.29, 1.82) is 0 Å². The molecule has 0 bridgehead atoms. The van der Waals surface area contributed by atoms with Crippen molar-refractivity contribution in [2.45, 2.75) is 13.1 Å². The number of anilines is 1. The Balaban J connectivity index is 2.76. The number of rotatable bonds is 5. The summed E-state index contributed by atoms with van der Waals surface area (Å²) in [6.45, 7) is 1.80. The molecular weight excluding hydrogens is 317 g/mol. The Labute approximate surface area is 131 Å². The molecule has 4 nitrogen and oxygen atoms in total. The normalized spacial score (nSPS) is 11.2. The van der Waals surface area contributed by atoms with E-state index in [1.165, 1.54) is 4.90 Å². The second-order valence-electron chi connectivity index (χ2n) is 4.90. The van der Waals surface area contributed by atoms with Gasteiger partial charge in [0.25, 0.3) is 5.91 Å². The molecule has 0 spiro atoms. The van der Waals surface area contributed by atoms with Crippen LogP contribution in [0, 0.1) is 6.92 Å². The highest BCUT2D eigenvalue weighted by Crippen LogP contribution is 2.22. The molecule has 0 aromatic heterocycles. The van der Waals surface area contributed by atoms with Crippen molar-refractivity contribution >= 4 is 29.3 Å². The van der Waals surface area contributed by atoms with Crippen LogP contribution >= 0.6 is 11.8 Å². The minimum Gasteiger partial charge on any atom is -0.345 e. The van der Waals surface area contributed by atoms with Crippen molar-refractivity contribution < 1.29 is 22.8 Å². The lowest BCUT2D eigenvalue weighted by molar-refractivity contribution is -0.113. The first kappa shape index (κ1) is 18.3. The Morgan fingerprint density at radius 1 is 1.27 bits per heavy atom. The van der Waals surface area contributed by atoms with Gasteiger partial charge in [-0.25, -0.2) is 0 Å². The zero-order valence-electron chi connectivity index (χ0n) is 12.5. The van der Waals surface area contributed by atoms with E-state index in [0.29, 0.717) is 23.0 Å². The van der Waals surface area contributed by atoms with Crippen LogP contribution in [0.25, 0.3) is 0 Å². The SMILES string of the molecule is Cc1ccc(NC(=O)CSCC(F)(F)F)c(C(=O)N(C)C)c1. The number of amides is 2. The number of nitrogens with one attached hydrogen (secondary N) is 1. The van der Waals surface area contributed by atoms with Gasteiger partial charge in [0.1, 0.15) is 0 Å². The minimum absolute atomic E-state index is 0.290. The molecule has 0 saturated heterocycles. The first-order chi connectivity index (χ1) is 10.1. The minimum atomic E-state index is -4.30. The van der Waals surface area contributed by atoms with Crippen LogP contribution in [0.15, 0.2) is 18.2 Å². The van der Waals surface area contributed by atoms with Crippen LogP contribution in [-0.4, -0.2) is 48.5 Å². The number of halogens is 3. The molecule has 1 rings (SSSR count). The first-order valence-corrected chi connectivity index (χ1v) is 7.52. The maximum Gasteiger partial charge on any atom is 0.397 e. The van der Waals surface area contributed by atoms with E-state index in [9.17, 15) is 22.8 Å². The Hall–Kier alpha value is -1.70. The monoisotopic (exact) mass is 334 g/mol. The van der Waals surface area contributed by atoms with E-state index in [0.717, 1.165) is 5.56 Å². The van der Waals surface area contributed by atoms with Crippen LogP contribution in [0.2, 0.25) is 0 Å². The number of carbonyl (C=O) groups excluding carboxylic acids is 2. The summed E-state index contributed by atoms with van der Waals surface area (Å²) in [5, 5.41) is 2.49. The van der Waals surface area contributed by atoms with Crippen LogP contribution in [0.4, 0.5) is 18.9 Å². The number of aryl methyl sites for hydroxylation is 1. The fourth-order valence-electron chi connectivity index (χ4n) is 1.63. The van der Waals surface area contributed by atoms with Gasteiger partial charge in [-0.3, -0.25) is 9.59 Å². The van der Waals surface area contributed by atoms with Crippen LogP contribution in [0.3, 0.4) is 0 Å². The third-order valence-corrected chi connectivity index (χ3v) is 3.58. The fourth-order valence-corrected chi connectivity index (χ4v) is 2.22. The van der Waals surface area contributed by atoms with E-state index < -0.39 is 17.8 Å². The molecule has 22 heavy (non-hydrogen) atoms. The van der Waals surface area contributed by atoms with Crippen LogP contribution in [0.1, 0.15) is 15.9 Å². The molecule has 0 atom stereocenters. The molecule has 1 aromatic rings. The molecule has 8 heteroatoms. The lowest BCUT2D eigenvalue weighted by Crippen LogP contribution is -2.25. The maximum absolute atomic E-state index is 12.1. The zero-order chi connectivity index (χ0) is 16.9. The van der Waals surface area contributed by atoms with Gasteiger partial charge in [-0.05, 0) is 19.1 Å². The number of alkyl halides is 3. The van der Waals surface area contributed by atoms with E-state index >= 15 is 0 Å². The standard InChI is InChI=1S/C14H17F3N2O2S/c1-9-4-5-11(10(6-9)13(21)19(2)3)18-12(20)7-22-8-14(15,16)17/h4-6H,7-8H2,1-3H3,(H,18,20). The highest BCUT2D eigenvalue weighted by atomic mass is 32.2. The summed E-state index contributed by atoms with van der Waals surface area (Å²) in [6, 6.07) is 4.91. The lowest BCUT2D eigenvalue weighted by Gasteiger charge is -2.15. The van der Waals surface area contributed by atoms with Gasteiger partial charge in [0, 0.05) is 14.1 Å². The van der Waals surface area contributed by atoms with Gasteiger partial charge in [-0.2, -0.15) is 13.2 Å². The highest BCUT2D eigenvalue weighted by molar-refractivity contribution is 8.00. The first-order valence-electron chi connectivity index (χ1n) is 6.37. The fraction of sp³-hybridized carbons (Fsp3) is 0.429. The molecule has 1 N–H and O–H groups in total. The Morgan fingerprint density at radius 3 is 2.45 bits per heavy atom. The summed E-state index contributed by atoms with van der Waals surface area (Å²) in [6.07, 6.45) is -4.30. The average Bonchev–Trinajstić information content (AvgIpc) is 2.38. The molecule has 122 valence electrons. The molecule has 2 amide bonds. The van der Waals surface area contributed by atoms with E-state index in [1.54, 1.807) is 39.2 Å². The molecule has 0 aliphatic heterocycles. The van der Waals surface area contributed by atoms with Crippen molar-refractivity contribution in [3.8, 4) is 0 Å². The smallest absolute Gasteiger partial charge is 0.345 e. The van der Waals surface area contributed by atoms with E-state index in [4.69, 9.17) is 0 Å². The van der Waals surface area contributed by atoms with Gasteiger partial charge < -0.3 is 10.2 Å². The quantitative estimate of drug-likeness (QED) is 0.901. The Morgan fingerprint density at radius 2 is 1.91 bits per heavy atom. The van der Waals surface area contributed by atoms with Crippen LogP contribution in [0.5, 0.6) is 0 Å².